The molecular weight excluding hydrogens is 172 g/mol. The van der Waals surface area contributed by atoms with Crippen molar-refractivity contribution in [2.75, 3.05) is 13.1 Å². The molecule has 0 bridgehead atoms. The molecule has 0 aromatic heterocycles. The summed E-state index contributed by atoms with van der Waals surface area (Å²) in [6.07, 6.45) is 6.38. The average molecular weight is 196 g/mol. The highest BCUT2D eigenvalue weighted by Gasteiger charge is 2.44. The van der Waals surface area contributed by atoms with Gasteiger partial charge in [-0.25, -0.2) is 0 Å². The molecule has 2 aliphatic rings. The molecule has 82 valence electrons. The Balaban J connectivity index is 1.52. The lowest BCUT2D eigenvalue weighted by Gasteiger charge is -2.38. The van der Waals surface area contributed by atoms with Gasteiger partial charge in [-0.05, 0) is 56.5 Å². The van der Waals surface area contributed by atoms with Crippen molar-refractivity contribution in [2.45, 2.75) is 51.5 Å². The predicted molar refractivity (Wildman–Crippen MR) is 60.1 cm³/mol. The second kappa shape index (κ2) is 3.49. The first-order chi connectivity index (χ1) is 6.52. The molecule has 0 spiro atoms. The highest BCUT2D eigenvalue weighted by molar-refractivity contribution is 4.97. The van der Waals surface area contributed by atoms with Crippen molar-refractivity contribution in [1.29, 1.82) is 0 Å². The smallest absolute Gasteiger partial charge is 0.0166 e. The minimum absolute atomic E-state index is 0.200. The molecule has 2 fully saturated rings. The number of hydrogen-bond donors (Lipinski definition) is 2. The normalized spacial score (nSPS) is 32.4. The predicted octanol–water partition coefficient (Wildman–Crippen LogP) is 1.89. The van der Waals surface area contributed by atoms with Crippen LogP contribution in [0.15, 0.2) is 0 Å². The first-order valence-electron chi connectivity index (χ1n) is 6.02. The van der Waals surface area contributed by atoms with E-state index in [2.05, 4.69) is 19.2 Å². The summed E-state index contributed by atoms with van der Waals surface area (Å²) in [5.41, 5.74) is 6.96. The van der Waals surface area contributed by atoms with Crippen molar-refractivity contribution in [3.63, 3.8) is 0 Å². The van der Waals surface area contributed by atoms with E-state index >= 15 is 0 Å². The summed E-state index contributed by atoms with van der Waals surface area (Å²) >= 11 is 0. The van der Waals surface area contributed by atoms with Gasteiger partial charge in [0.05, 0.1) is 0 Å². The number of nitrogens with one attached hydrogen (secondary N) is 1. The largest absolute Gasteiger partial charge is 0.325 e. The first-order valence-corrected chi connectivity index (χ1v) is 6.02. The van der Waals surface area contributed by atoms with Crippen LogP contribution >= 0.6 is 0 Å². The molecule has 3 N–H and O–H groups in total. The van der Waals surface area contributed by atoms with E-state index in [9.17, 15) is 0 Å². The number of rotatable bonds is 5. The van der Waals surface area contributed by atoms with Gasteiger partial charge in [-0.2, -0.15) is 0 Å². The Bertz CT molecular complexity index is 206. The third-order valence-electron chi connectivity index (χ3n) is 4.26. The molecule has 0 saturated heterocycles. The summed E-state index contributed by atoms with van der Waals surface area (Å²) in [5.74, 6) is 0.914. The van der Waals surface area contributed by atoms with Gasteiger partial charge in [0.25, 0.3) is 0 Å². The average Bonchev–Trinajstić information content (AvgIpc) is 2.65. The summed E-state index contributed by atoms with van der Waals surface area (Å²) < 4.78 is 0. The monoisotopic (exact) mass is 196 g/mol. The quantitative estimate of drug-likeness (QED) is 0.659. The number of nitrogens with two attached hydrogens (primary N) is 1. The van der Waals surface area contributed by atoms with Gasteiger partial charge in [0, 0.05) is 5.54 Å². The van der Waals surface area contributed by atoms with Gasteiger partial charge in [0.15, 0.2) is 0 Å². The molecule has 0 aliphatic heterocycles. The third-order valence-corrected chi connectivity index (χ3v) is 4.26. The summed E-state index contributed by atoms with van der Waals surface area (Å²) in [6.45, 7) is 7.03. The molecular formula is C12H24N2. The van der Waals surface area contributed by atoms with Gasteiger partial charge in [-0.15, -0.1) is 0 Å². The Morgan fingerprint density at radius 1 is 1.36 bits per heavy atom. The highest BCUT2D eigenvalue weighted by atomic mass is 14.9. The molecule has 0 heterocycles. The lowest BCUT2D eigenvalue weighted by atomic mass is 9.75. The van der Waals surface area contributed by atoms with Gasteiger partial charge in [-0.1, -0.05) is 13.8 Å². The van der Waals surface area contributed by atoms with Crippen LogP contribution in [0.1, 0.15) is 46.0 Å². The van der Waals surface area contributed by atoms with E-state index in [-0.39, 0.29) is 5.54 Å². The fraction of sp³-hybridized carbons (Fsp3) is 1.00. The lowest BCUT2D eigenvalue weighted by molar-refractivity contribution is 0.229. The zero-order valence-electron chi connectivity index (χ0n) is 9.60. The van der Waals surface area contributed by atoms with E-state index in [4.69, 9.17) is 5.73 Å². The molecule has 1 unspecified atom stereocenters. The van der Waals surface area contributed by atoms with Crippen LogP contribution < -0.4 is 11.1 Å². The minimum Gasteiger partial charge on any atom is -0.325 e. The van der Waals surface area contributed by atoms with Crippen molar-refractivity contribution in [2.24, 2.45) is 17.1 Å². The van der Waals surface area contributed by atoms with E-state index in [1.165, 1.54) is 38.6 Å². The van der Waals surface area contributed by atoms with Crippen LogP contribution in [0.4, 0.5) is 0 Å². The summed E-state index contributed by atoms with van der Waals surface area (Å²) in [4.78, 5) is 0. The van der Waals surface area contributed by atoms with Crippen molar-refractivity contribution >= 4 is 0 Å². The SMILES string of the molecule is CC1(C)CC1CNCCC1(N)CCC1. The van der Waals surface area contributed by atoms with Gasteiger partial charge in [-0.3, -0.25) is 0 Å². The van der Waals surface area contributed by atoms with Crippen molar-refractivity contribution in [3.8, 4) is 0 Å². The molecule has 1 atom stereocenters. The molecule has 0 amide bonds. The molecule has 0 aromatic carbocycles. The van der Waals surface area contributed by atoms with Crippen LogP contribution in [0, 0.1) is 11.3 Å². The maximum atomic E-state index is 6.15. The second-order valence-corrected chi connectivity index (χ2v) is 6.06. The topological polar surface area (TPSA) is 38.0 Å². The maximum absolute atomic E-state index is 6.15. The van der Waals surface area contributed by atoms with E-state index < -0.39 is 0 Å². The van der Waals surface area contributed by atoms with E-state index in [1.807, 2.05) is 0 Å². The molecule has 2 heteroatoms. The standard InChI is InChI=1S/C12H24N2/c1-11(2)8-10(11)9-14-7-6-12(13)4-3-5-12/h10,14H,3-9,13H2,1-2H3. The Kier molecular flexibility index (Phi) is 2.61. The molecule has 2 nitrogen and oxygen atoms in total. The van der Waals surface area contributed by atoms with Gasteiger partial charge in [0.1, 0.15) is 0 Å². The molecule has 14 heavy (non-hydrogen) atoms. The molecule has 2 aliphatic carbocycles. The zero-order valence-corrected chi connectivity index (χ0v) is 9.60. The zero-order chi connectivity index (χ0) is 10.2. The molecule has 0 radical (unpaired) electrons. The van der Waals surface area contributed by atoms with E-state index in [0.29, 0.717) is 5.41 Å². The minimum atomic E-state index is 0.200. The van der Waals surface area contributed by atoms with Crippen LogP contribution in [0.2, 0.25) is 0 Å². The van der Waals surface area contributed by atoms with Crippen molar-refractivity contribution in [3.05, 3.63) is 0 Å². The fourth-order valence-electron chi connectivity index (χ4n) is 2.42. The Morgan fingerprint density at radius 2 is 2.00 bits per heavy atom. The van der Waals surface area contributed by atoms with Crippen LogP contribution in [-0.4, -0.2) is 18.6 Å². The van der Waals surface area contributed by atoms with Crippen LogP contribution in [0.3, 0.4) is 0 Å². The lowest BCUT2D eigenvalue weighted by Crippen LogP contribution is -2.48. The third kappa shape index (κ3) is 2.29. The van der Waals surface area contributed by atoms with Crippen LogP contribution in [0.25, 0.3) is 0 Å². The molecule has 0 aromatic rings. The van der Waals surface area contributed by atoms with Crippen molar-refractivity contribution < 1.29 is 0 Å². The van der Waals surface area contributed by atoms with E-state index in [0.717, 1.165) is 12.5 Å². The summed E-state index contributed by atoms with van der Waals surface area (Å²) in [7, 11) is 0. The van der Waals surface area contributed by atoms with Crippen LogP contribution in [0.5, 0.6) is 0 Å². The molecule has 2 saturated carbocycles. The van der Waals surface area contributed by atoms with Gasteiger partial charge < -0.3 is 11.1 Å². The number of hydrogen-bond acceptors (Lipinski definition) is 2. The Hall–Kier alpha value is -0.0800. The first kappa shape index (κ1) is 10.4. The van der Waals surface area contributed by atoms with Crippen molar-refractivity contribution in [1.82, 2.24) is 5.32 Å². The fourth-order valence-corrected chi connectivity index (χ4v) is 2.42. The Morgan fingerprint density at radius 3 is 2.43 bits per heavy atom. The summed E-state index contributed by atoms with van der Waals surface area (Å²) in [6, 6.07) is 0. The Labute approximate surface area is 87.6 Å². The van der Waals surface area contributed by atoms with Crippen LogP contribution in [-0.2, 0) is 0 Å². The molecule has 2 rings (SSSR count). The van der Waals surface area contributed by atoms with Gasteiger partial charge >= 0.3 is 0 Å². The van der Waals surface area contributed by atoms with E-state index in [1.54, 1.807) is 0 Å². The second-order valence-electron chi connectivity index (χ2n) is 6.06. The van der Waals surface area contributed by atoms with Gasteiger partial charge in [0.2, 0.25) is 0 Å². The highest BCUT2D eigenvalue weighted by Crippen LogP contribution is 2.50. The maximum Gasteiger partial charge on any atom is 0.0166 e. The summed E-state index contributed by atoms with van der Waals surface area (Å²) in [5, 5.41) is 3.55.